The summed E-state index contributed by atoms with van der Waals surface area (Å²) in [4.78, 5) is 5.44. The second kappa shape index (κ2) is 10.5. The summed E-state index contributed by atoms with van der Waals surface area (Å²) in [6.07, 6.45) is 11.7. The van der Waals surface area contributed by atoms with E-state index >= 15 is 0 Å². The topological polar surface area (TPSA) is 19.4 Å². The van der Waals surface area contributed by atoms with Crippen LogP contribution >= 0.6 is 0 Å². The zero-order chi connectivity index (χ0) is 31.0. The fraction of sp³-hybridized carbons (Fsp3) is 0.485. The van der Waals surface area contributed by atoms with Gasteiger partial charge in [0, 0.05) is 0 Å². The van der Waals surface area contributed by atoms with Crippen LogP contribution in [0.1, 0.15) is 22.4 Å². The molecule has 1 unspecified atom stereocenters. The van der Waals surface area contributed by atoms with Crippen LogP contribution in [0.3, 0.4) is 0 Å². The van der Waals surface area contributed by atoms with Crippen molar-refractivity contribution in [3.8, 4) is 0 Å². The van der Waals surface area contributed by atoms with Crippen molar-refractivity contribution in [3.05, 3.63) is 92.3 Å². The van der Waals surface area contributed by atoms with Gasteiger partial charge < -0.3 is 0 Å². The Kier molecular flexibility index (Phi) is 8.38. The maximum atomic E-state index is 5.44. The van der Waals surface area contributed by atoms with E-state index in [-0.39, 0.29) is 2.68 Å². The number of aromatic nitrogens is 1. The van der Waals surface area contributed by atoms with Crippen LogP contribution in [0.25, 0.3) is 0 Å². The molecular weight excluding hydrogens is 669 g/mol. The molecule has 8 heteroatoms. The van der Waals surface area contributed by atoms with E-state index in [1.807, 2.05) is 3.21 Å². The Morgan fingerprint density at radius 2 is 1.34 bits per heavy atom. The van der Waals surface area contributed by atoms with Gasteiger partial charge in [0.25, 0.3) is 0 Å². The summed E-state index contributed by atoms with van der Waals surface area (Å²) in [7, 11) is -7.72. The first-order valence-corrected chi connectivity index (χ1v) is 34.7. The molecule has 2 aliphatic rings. The minimum absolute atomic E-state index is 0.0919. The van der Waals surface area contributed by atoms with E-state index in [0.717, 1.165) is 0 Å². The summed E-state index contributed by atoms with van der Waals surface area (Å²) >= 11 is -4.00. The van der Waals surface area contributed by atoms with Crippen molar-refractivity contribution >= 4 is 57.1 Å². The van der Waals surface area contributed by atoms with E-state index in [9.17, 15) is 0 Å². The molecular formula is C33H55N3Si4Sn. The molecule has 0 fully saturated rings. The molecule has 0 radical (unpaired) electrons. The molecule has 4 rings (SSSR count). The van der Waals surface area contributed by atoms with E-state index in [2.05, 4.69) is 166 Å². The van der Waals surface area contributed by atoms with Gasteiger partial charge in [-0.2, -0.15) is 0 Å². The first-order chi connectivity index (χ1) is 18.6. The third-order valence-electron chi connectivity index (χ3n) is 9.24. The molecule has 1 aromatic heterocycles. The minimum atomic E-state index is -4.00. The number of pyridine rings is 1. The number of hydrogen-bond donors (Lipinski definition) is 0. The van der Waals surface area contributed by atoms with Crippen LogP contribution in [0.2, 0.25) is 78.6 Å². The summed E-state index contributed by atoms with van der Waals surface area (Å²) in [5, 5.41) is 0. The molecule has 2 aromatic rings. The second-order valence-electron chi connectivity index (χ2n) is 16.5. The predicted octanol–water partition coefficient (Wildman–Crippen LogP) is 9.39. The van der Waals surface area contributed by atoms with Crippen LogP contribution in [0, 0.1) is 20.8 Å². The molecule has 0 aliphatic carbocycles. The maximum absolute atomic E-state index is 5.44. The first kappa shape index (κ1) is 32.8. The van der Waals surface area contributed by atoms with E-state index in [0.29, 0.717) is 0 Å². The van der Waals surface area contributed by atoms with Crippen molar-refractivity contribution in [1.82, 2.24) is 8.11 Å². The molecule has 0 spiro atoms. The Balaban J connectivity index is 2.41. The fourth-order valence-corrected chi connectivity index (χ4v) is 87.5. The summed E-state index contributed by atoms with van der Waals surface area (Å²) < 4.78 is 8.24. The standard InChI is InChI=1S/C12H22NSi2.C12H20NSi.C9H13NSi.Sn/c1-14(2,3)12(15(4,5)6)11-9-7-8-10-13-11;1-9-7-10(2)12(11(3)8-9)13-14(4,5)6;1-11(2,3)8-9-6-4-5-7-10-9;/h7-10H,1-6H3;7-8H,1-6H3;4-7H,1-3H3;/q;2*-1;+2. The molecule has 0 amide bonds. The number of nitrogens with zero attached hydrogens (tertiary/aromatic N) is 3. The van der Waals surface area contributed by atoms with Crippen molar-refractivity contribution in [1.29, 1.82) is 0 Å². The van der Waals surface area contributed by atoms with E-state index in [1.165, 1.54) is 28.1 Å². The number of anilines is 1. The average molecular weight is 725 g/mol. The molecule has 1 atom stereocenters. The van der Waals surface area contributed by atoms with Gasteiger partial charge >= 0.3 is 262 Å². The van der Waals surface area contributed by atoms with Crippen molar-refractivity contribution in [2.24, 2.45) is 0 Å². The first-order valence-electron chi connectivity index (χ1n) is 15.3. The molecule has 2 aliphatic heterocycles. The number of aryl methyl sites for hydroxylation is 3. The van der Waals surface area contributed by atoms with Crippen LogP contribution in [-0.4, -0.2) is 59.5 Å². The Morgan fingerprint density at radius 1 is 0.780 bits per heavy atom. The van der Waals surface area contributed by atoms with Gasteiger partial charge in [0.15, 0.2) is 0 Å². The van der Waals surface area contributed by atoms with Crippen molar-refractivity contribution in [2.45, 2.75) is 102 Å². The zero-order valence-electron chi connectivity index (χ0n) is 28.6. The molecule has 1 aromatic carbocycles. The zero-order valence-corrected chi connectivity index (χ0v) is 35.5. The van der Waals surface area contributed by atoms with Crippen molar-refractivity contribution in [3.63, 3.8) is 0 Å². The molecule has 0 saturated carbocycles. The van der Waals surface area contributed by atoms with Gasteiger partial charge in [-0.05, 0) is 0 Å². The van der Waals surface area contributed by atoms with Gasteiger partial charge in [-0.3, -0.25) is 0 Å². The van der Waals surface area contributed by atoms with Gasteiger partial charge in [0.1, 0.15) is 0 Å². The van der Waals surface area contributed by atoms with Crippen LogP contribution in [0.5, 0.6) is 0 Å². The molecule has 41 heavy (non-hydrogen) atoms. The Hall–Kier alpha value is -1.14. The van der Waals surface area contributed by atoms with Gasteiger partial charge in [-0.15, -0.1) is 0 Å². The quantitative estimate of drug-likeness (QED) is 0.253. The van der Waals surface area contributed by atoms with E-state index < -0.39 is 51.4 Å². The monoisotopic (exact) mass is 725 g/mol. The molecule has 0 bridgehead atoms. The second-order valence-corrected chi connectivity index (χ2v) is 52.9. The Labute approximate surface area is 260 Å². The normalized spacial score (nSPS) is 19.8. The third-order valence-corrected chi connectivity index (χ3v) is 68.3. The number of allylic oxidation sites excluding steroid dienone is 3. The summed E-state index contributed by atoms with van der Waals surface area (Å²) in [5.74, 6) is 0. The van der Waals surface area contributed by atoms with Gasteiger partial charge in [0.05, 0.1) is 0 Å². The third kappa shape index (κ3) is 4.80. The Bertz CT molecular complexity index is 1380. The van der Waals surface area contributed by atoms with Crippen LogP contribution in [-0.2, 0) is 2.68 Å². The number of hydrogen-bond acceptors (Lipinski definition) is 3. The van der Waals surface area contributed by atoms with Crippen LogP contribution < -0.4 is 2.79 Å². The number of rotatable bonds is 8. The van der Waals surface area contributed by atoms with Crippen molar-refractivity contribution in [2.75, 3.05) is 2.79 Å². The molecule has 3 nitrogen and oxygen atoms in total. The average Bonchev–Trinajstić information content (AvgIpc) is 2.77. The SMILES string of the molecule is Cc1cc(C)c([N]([Si](C)(C)C)[Sn]2([C](c3ccccn3)([Si](C)(C)C)[Si](C)(C)C)[C]([Si](C)(C)C)=C3C=CC=C[N]32)c(C)c1. The van der Waals surface area contributed by atoms with E-state index in [1.54, 1.807) is 5.69 Å². The Morgan fingerprint density at radius 3 is 1.78 bits per heavy atom. The van der Waals surface area contributed by atoms with Gasteiger partial charge in [-0.25, -0.2) is 0 Å². The van der Waals surface area contributed by atoms with Crippen molar-refractivity contribution < 1.29 is 0 Å². The van der Waals surface area contributed by atoms with E-state index in [4.69, 9.17) is 4.98 Å². The summed E-state index contributed by atoms with van der Waals surface area (Å²) in [5.41, 5.74) is 8.73. The molecule has 3 heterocycles. The van der Waals surface area contributed by atoms with Crippen LogP contribution in [0.15, 0.2) is 69.9 Å². The van der Waals surface area contributed by atoms with Crippen LogP contribution in [0.4, 0.5) is 5.69 Å². The molecule has 0 N–H and O–H groups in total. The summed E-state index contributed by atoms with van der Waals surface area (Å²) in [6.45, 7) is 39.0. The molecule has 0 saturated heterocycles. The number of benzene rings is 1. The fourth-order valence-electron chi connectivity index (χ4n) is 9.05. The number of fused-ring (bicyclic) bond motifs is 1. The van der Waals surface area contributed by atoms with Gasteiger partial charge in [-0.1, -0.05) is 0 Å². The predicted molar refractivity (Wildman–Crippen MR) is 195 cm³/mol. The molecule has 222 valence electrons. The summed E-state index contributed by atoms with van der Waals surface area (Å²) in [6, 6.07) is 11.7. The van der Waals surface area contributed by atoms with Gasteiger partial charge in [0.2, 0.25) is 0 Å².